The second-order valence-electron chi connectivity index (χ2n) is 4.13. The van der Waals surface area contributed by atoms with Gasteiger partial charge in [-0.1, -0.05) is 20.3 Å². The third kappa shape index (κ3) is 1.64. The molecule has 0 radical (unpaired) electrons. The molecule has 2 aliphatic rings. The molecule has 1 heterocycles. The quantitative estimate of drug-likeness (QED) is 0.646. The lowest BCUT2D eigenvalue weighted by atomic mass is 10.2. The van der Waals surface area contributed by atoms with Crippen LogP contribution in [0.15, 0.2) is 0 Å². The predicted octanol–water partition coefficient (Wildman–Crippen LogP) is 2.18. The Bertz CT molecular complexity index is 158. The van der Waals surface area contributed by atoms with Gasteiger partial charge in [-0.15, -0.1) is 0 Å². The highest BCUT2D eigenvalue weighted by molar-refractivity contribution is 4.87. The zero-order chi connectivity index (χ0) is 8.55. The summed E-state index contributed by atoms with van der Waals surface area (Å²) in [4.78, 5) is 0. The first-order chi connectivity index (χ1) is 5.81. The van der Waals surface area contributed by atoms with Crippen molar-refractivity contribution >= 4 is 0 Å². The van der Waals surface area contributed by atoms with Gasteiger partial charge in [0.05, 0.1) is 12.7 Å². The Labute approximate surface area is 74.2 Å². The SMILES string of the molecule is CCCC1COC(C2CC2C)O1. The summed E-state index contributed by atoms with van der Waals surface area (Å²) >= 11 is 0. The van der Waals surface area contributed by atoms with Gasteiger partial charge in [0.1, 0.15) is 0 Å². The van der Waals surface area contributed by atoms with E-state index in [1.165, 1.54) is 12.8 Å². The third-order valence-electron chi connectivity index (χ3n) is 2.90. The van der Waals surface area contributed by atoms with Crippen molar-refractivity contribution < 1.29 is 9.47 Å². The molecule has 0 aromatic heterocycles. The van der Waals surface area contributed by atoms with Crippen molar-refractivity contribution in [1.82, 2.24) is 0 Å². The summed E-state index contributed by atoms with van der Waals surface area (Å²) in [5, 5.41) is 0. The Morgan fingerprint density at radius 3 is 2.75 bits per heavy atom. The molecule has 0 spiro atoms. The number of ether oxygens (including phenoxy) is 2. The first-order valence-electron chi connectivity index (χ1n) is 5.08. The van der Waals surface area contributed by atoms with E-state index in [4.69, 9.17) is 9.47 Å². The highest BCUT2D eigenvalue weighted by atomic mass is 16.7. The Kier molecular flexibility index (Phi) is 2.37. The molecule has 0 bridgehead atoms. The van der Waals surface area contributed by atoms with Crippen LogP contribution >= 0.6 is 0 Å². The maximum Gasteiger partial charge on any atom is 0.161 e. The smallest absolute Gasteiger partial charge is 0.161 e. The van der Waals surface area contributed by atoms with E-state index in [2.05, 4.69) is 13.8 Å². The monoisotopic (exact) mass is 170 g/mol. The molecule has 0 N–H and O–H groups in total. The lowest BCUT2D eigenvalue weighted by Crippen LogP contribution is -2.14. The summed E-state index contributed by atoms with van der Waals surface area (Å²) in [5.41, 5.74) is 0. The van der Waals surface area contributed by atoms with Crippen LogP contribution in [0, 0.1) is 11.8 Å². The van der Waals surface area contributed by atoms with E-state index >= 15 is 0 Å². The molecule has 0 amide bonds. The van der Waals surface area contributed by atoms with E-state index < -0.39 is 0 Å². The van der Waals surface area contributed by atoms with Crippen molar-refractivity contribution in [3.63, 3.8) is 0 Å². The Morgan fingerprint density at radius 1 is 1.42 bits per heavy atom. The lowest BCUT2D eigenvalue weighted by molar-refractivity contribution is -0.0757. The summed E-state index contributed by atoms with van der Waals surface area (Å²) in [5.74, 6) is 1.53. The van der Waals surface area contributed by atoms with Crippen LogP contribution in [0.1, 0.15) is 33.1 Å². The van der Waals surface area contributed by atoms with Crippen LogP contribution in [0.25, 0.3) is 0 Å². The highest BCUT2D eigenvalue weighted by Crippen LogP contribution is 2.44. The van der Waals surface area contributed by atoms with Crippen LogP contribution in [0.3, 0.4) is 0 Å². The van der Waals surface area contributed by atoms with Crippen LogP contribution in [0.2, 0.25) is 0 Å². The largest absolute Gasteiger partial charge is 0.350 e. The van der Waals surface area contributed by atoms with E-state index in [0.29, 0.717) is 12.0 Å². The normalized spacial score (nSPS) is 46.5. The Morgan fingerprint density at radius 2 is 2.17 bits per heavy atom. The van der Waals surface area contributed by atoms with Crippen LogP contribution in [0.5, 0.6) is 0 Å². The van der Waals surface area contributed by atoms with Crippen molar-refractivity contribution in [1.29, 1.82) is 0 Å². The van der Waals surface area contributed by atoms with Crippen LogP contribution in [-0.4, -0.2) is 19.0 Å². The number of hydrogen-bond donors (Lipinski definition) is 0. The molecule has 2 fully saturated rings. The number of rotatable bonds is 3. The lowest BCUT2D eigenvalue weighted by Gasteiger charge is -2.09. The fraction of sp³-hybridized carbons (Fsp3) is 1.00. The molecular formula is C10H18O2. The summed E-state index contributed by atoms with van der Waals surface area (Å²) in [6.07, 6.45) is 4.16. The fourth-order valence-electron chi connectivity index (χ4n) is 1.90. The maximum absolute atomic E-state index is 5.77. The second-order valence-corrected chi connectivity index (χ2v) is 4.13. The zero-order valence-electron chi connectivity index (χ0n) is 7.95. The van der Waals surface area contributed by atoms with E-state index in [0.717, 1.165) is 18.9 Å². The van der Waals surface area contributed by atoms with E-state index in [-0.39, 0.29) is 6.29 Å². The van der Waals surface area contributed by atoms with Crippen molar-refractivity contribution in [2.75, 3.05) is 6.61 Å². The molecule has 4 unspecified atom stereocenters. The Balaban J connectivity index is 1.75. The summed E-state index contributed by atoms with van der Waals surface area (Å²) < 4.78 is 11.4. The molecule has 4 atom stereocenters. The van der Waals surface area contributed by atoms with E-state index in [9.17, 15) is 0 Å². The Hall–Kier alpha value is -0.0800. The van der Waals surface area contributed by atoms with Crippen molar-refractivity contribution in [3.05, 3.63) is 0 Å². The zero-order valence-corrected chi connectivity index (χ0v) is 7.95. The minimum Gasteiger partial charge on any atom is -0.350 e. The van der Waals surface area contributed by atoms with Gasteiger partial charge in [0, 0.05) is 5.92 Å². The average Bonchev–Trinajstić information content (AvgIpc) is 2.62. The van der Waals surface area contributed by atoms with Gasteiger partial charge in [0.15, 0.2) is 6.29 Å². The molecule has 1 aliphatic heterocycles. The van der Waals surface area contributed by atoms with Gasteiger partial charge in [-0.3, -0.25) is 0 Å². The summed E-state index contributed by atoms with van der Waals surface area (Å²) in [6.45, 7) is 5.28. The number of hydrogen-bond acceptors (Lipinski definition) is 2. The molecule has 70 valence electrons. The minimum absolute atomic E-state index is 0.136. The molecule has 2 nitrogen and oxygen atoms in total. The van der Waals surface area contributed by atoms with Crippen LogP contribution in [-0.2, 0) is 9.47 Å². The van der Waals surface area contributed by atoms with Crippen LogP contribution in [0.4, 0.5) is 0 Å². The molecule has 2 rings (SSSR count). The molecule has 0 aromatic rings. The predicted molar refractivity (Wildman–Crippen MR) is 46.8 cm³/mol. The molecule has 0 aromatic carbocycles. The van der Waals surface area contributed by atoms with Crippen molar-refractivity contribution in [2.45, 2.75) is 45.5 Å². The van der Waals surface area contributed by atoms with E-state index in [1.807, 2.05) is 0 Å². The van der Waals surface area contributed by atoms with Crippen molar-refractivity contribution in [2.24, 2.45) is 11.8 Å². The molecule has 12 heavy (non-hydrogen) atoms. The first kappa shape index (κ1) is 8.52. The standard InChI is InChI=1S/C10H18O2/c1-3-4-8-6-11-10(12-8)9-5-7(9)2/h7-10H,3-6H2,1-2H3. The summed E-state index contributed by atoms with van der Waals surface area (Å²) in [7, 11) is 0. The topological polar surface area (TPSA) is 18.5 Å². The van der Waals surface area contributed by atoms with Gasteiger partial charge in [-0.2, -0.15) is 0 Å². The highest BCUT2D eigenvalue weighted by Gasteiger charge is 2.44. The van der Waals surface area contributed by atoms with Gasteiger partial charge < -0.3 is 9.47 Å². The van der Waals surface area contributed by atoms with Gasteiger partial charge in [0.2, 0.25) is 0 Å². The fourth-order valence-corrected chi connectivity index (χ4v) is 1.90. The third-order valence-corrected chi connectivity index (χ3v) is 2.90. The molecule has 1 saturated heterocycles. The van der Waals surface area contributed by atoms with E-state index in [1.54, 1.807) is 0 Å². The molecule has 1 saturated carbocycles. The summed E-state index contributed by atoms with van der Waals surface area (Å²) in [6, 6.07) is 0. The molecular weight excluding hydrogens is 152 g/mol. The second kappa shape index (κ2) is 3.35. The molecule has 2 heteroatoms. The maximum atomic E-state index is 5.77. The van der Waals surface area contributed by atoms with Crippen molar-refractivity contribution in [3.8, 4) is 0 Å². The minimum atomic E-state index is 0.136. The first-order valence-corrected chi connectivity index (χ1v) is 5.08. The molecule has 1 aliphatic carbocycles. The average molecular weight is 170 g/mol. The van der Waals surface area contributed by atoms with Gasteiger partial charge in [-0.05, 0) is 18.8 Å². The van der Waals surface area contributed by atoms with Gasteiger partial charge in [0.25, 0.3) is 0 Å². The van der Waals surface area contributed by atoms with Gasteiger partial charge >= 0.3 is 0 Å². The van der Waals surface area contributed by atoms with Gasteiger partial charge in [-0.25, -0.2) is 0 Å². The van der Waals surface area contributed by atoms with Crippen LogP contribution < -0.4 is 0 Å².